The van der Waals surface area contributed by atoms with Gasteiger partial charge in [0.15, 0.2) is 0 Å². The molecule has 1 aromatic carbocycles. The van der Waals surface area contributed by atoms with Crippen LogP contribution in [0.25, 0.3) is 0 Å². The van der Waals surface area contributed by atoms with Crippen LogP contribution in [0.2, 0.25) is 5.02 Å². The Balaban J connectivity index is 2.41. The molecule has 0 radical (unpaired) electrons. The number of rotatable bonds is 2. The molecule has 3 N–H and O–H groups in total. The number of halogens is 5. The molecule has 3 nitrogen and oxygen atoms in total. The predicted molar refractivity (Wildman–Crippen MR) is 80.8 cm³/mol. The van der Waals surface area contributed by atoms with Gasteiger partial charge in [-0.1, -0.05) is 11.6 Å². The number of anilines is 3. The second-order valence-electron chi connectivity index (χ2n) is 4.35. The topological polar surface area (TPSA) is 50.9 Å². The molecule has 8 heteroatoms. The van der Waals surface area contributed by atoms with Gasteiger partial charge in [-0.15, -0.1) is 0 Å². The molecule has 1 heterocycles. The largest absolute Gasteiger partial charge is 0.416 e. The van der Waals surface area contributed by atoms with Gasteiger partial charge in [0, 0.05) is 10.7 Å². The smallest absolute Gasteiger partial charge is 0.397 e. The average Bonchev–Trinajstić information content (AvgIpc) is 2.38. The van der Waals surface area contributed by atoms with E-state index >= 15 is 0 Å². The first-order valence-corrected chi connectivity index (χ1v) is 6.91. The zero-order valence-electron chi connectivity index (χ0n) is 10.7. The molecule has 0 aliphatic carbocycles. The number of nitrogen functional groups attached to an aromatic ring is 1. The Hall–Kier alpha value is -1.47. The molecule has 0 fully saturated rings. The molecule has 0 spiro atoms. The second-order valence-corrected chi connectivity index (χ2v) is 5.58. The van der Waals surface area contributed by atoms with Crippen LogP contribution >= 0.6 is 27.5 Å². The Morgan fingerprint density at radius 2 is 1.95 bits per heavy atom. The number of benzene rings is 1. The Kier molecular flexibility index (Phi) is 4.34. The molecule has 0 aliphatic rings. The van der Waals surface area contributed by atoms with Crippen LogP contribution in [0.5, 0.6) is 0 Å². The molecule has 112 valence electrons. The van der Waals surface area contributed by atoms with Crippen LogP contribution in [0.1, 0.15) is 11.1 Å². The zero-order valence-corrected chi connectivity index (χ0v) is 13.1. The second kappa shape index (κ2) is 5.73. The lowest BCUT2D eigenvalue weighted by Crippen LogP contribution is -2.06. The summed E-state index contributed by atoms with van der Waals surface area (Å²) in [6.07, 6.45) is -3.04. The molecule has 2 aromatic rings. The van der Waals surface area contributed by atoms with Crippen LogP contribution in [0.4, 0.5) is 30.4 Å². The van der Waals surface area contributed by atoms with E-state index in [4.69, 9.17) is 17.3 Å². The summed E-state index contributed by atoms with van der Waals surface area (Å²) in [6.45, 7) is 1.77. The van der Waals surface area contributed by atoms with E-state index in [0.29, 0.717) is 16.0 Å². The molecule has 0 saturated heterocycles. The fraction of sp³-hybridized carbons (Fsp3) is 0.154. The van der Waals surface area contributed by atoms with Gasteiger partial charge in [0.25, 0.3) is 0 Å². The third-order valence-corrected chi connectivity index (χ3v) is 3.98. The van der Waals surface area contributed by atoms with Gasteiger partial charge in [0.2, 0.25) is 0 Å². The summed E-state index contributed by atoms with van der Waals surface area (Å²) in [4.78, 5) is 4.05. The minimum atomic E-state index is -4.47. The van der Waals surface area contributed by atoms with Crippen molar-refractivity contribution in [3.05, 3.63) is 45.0 Å². The summed E-state index contributed by atoms with van der Waals surface area (Å²) >= 11 is 9.03. The highest BCUT2D eigenvalue weighted by atomic mass is 79.9. The van der Waals surface area contributed by atoms with E-state index in [1.54, 1.807) is 6.92 Å². The highest BCUT2D eigenvalue weighted by Gasteiger charge is 2.31. The minimum absolute atomic E-state index is 0.0179. The number of nitrogens with one attached hydrogen (secondary N) is 1. The monoisotopic (exact) mass is 379 g/mol. The lowest BCUT2D eigenvalue weighted by Gasteiger charge is -2.13. The van der Waals surface area contributed by atoms with Crippen molar-refractivity contribution in [3.63, 3.8) is 0 Å². The van der Waals surface area contributed by atoms with E-state index in [-0.39, 0.29) is 10.7 Å². The van der Waals surface area contributed by atoms with Crippen molar-refractivity contribution in [2.75, 3.05) is 11.1 Å². The summed E-state index contributed by atoms with van der Waals surface area (Å²) < 4.78 is 38.8. The quantitative estimate of drug-likeness (QED) is 0.757. The number of nitrogens with two attached hydrogens (primary N) is 1. The van der Waals surface area contributed by atoms with Crippen LogP contribution < -0.4 is 11.1 Å². The Morgan fingerprint density at radius 3 is 2.57 bits per heavy atom. The third kappa shape index (κ3) is 3.59. The molecule has 2 rings (SSSR count). The first-order valence-electron chi connectivity index (χ1n) is 5.74. The predicted octanol–water partition coefficient (Wildman–Crippen LogP) is 5.15. The number of pyridine rings is 1. The van der Waals surface area contributed by atoms with Gasteiger partial charge in [-0.05, 0) is 46.6 Å². The molecule has 21 heavy (non-hydrogen) atoms. The van der Waals surface area contributed by atoms with E-state index in [0.717, 1.165) is 17.7 Å². The summed E-state index contributed by atoms with van der Waals surface area (Å²) in [5, 5.41) is 2.78. The van der Waals surface area contributed by atoms with E-state index < -0.39 is 11.7 Å². The van der Waals surface area contributed by atoms with E-state index in [2.05, 4.69) is 26.2 Å². The normalized spacial score (nSPS) is 11.5. The fourth-order valence-corrected chi connectivity index (χ4v) is 2.31. The lowest BCUT2D eigenvalue weighted by atomic mass is 10.2. The maximum atomic E-state index is 12.8. The SMILES string of the molecule is Cc1c(N)cnc(Nc2cc(Cl)cc(C(F)(F)F)c2)c1Br. The fourth-order valence-electron chi connectivity index (χ4n) is 1.64. The highest BCUT2D eigenvalue weighted by Crippen LogP contribution is 2.35. The molecule has 0 unspecified atom stereocenters. The van der Waals surface area contributed by atoms with E-state index in [9.17, 15) is 13.2 Å². The van der Waals surface area contributed by atoms with Gasteiger partial charge in [-0.2, -0.15) is 13.2 Å². The van der Waals surface area contributed by atoms with Crippen molar-refractivity contribution in [1.29, 1.82) is 0 Å². The standard InChI is InChI=1S/C13H10BrClF3N3/c1-6-10(19)5-20-12(11(6)14)21-9-3-7(13(16,17)18)2-8(15)4-9/h2-5H,19H2,1H3,(H,20,21). The van der Waals surface area contributed by atoms with E-state index in [1.807, 2.05) is 0 Å². The van der Waals surface area contributed by atoms with Crippen molar-refractivity contribution in [3.8, 4) is 0 Å². The molecule has 0 bridgehead atoms. The van der Waals surface area contributed by atoms with Crippen molar-refractivity contribution in [1.82, 2.24) is 4.98 Å². The Bertz CT molecular complexity index is 689. The van der Waals surface area contributed by atoms with Crippen LogP contribution in [0, 0.1) is 6.92 Å². The zero-order chi connectivity index (χ0) is 15.8. The summed E-state index contributed by atoms with van der Waals surface area (Å²) in [5.74, 6) is 0.358. The first-order chi connectivity index (χ1) is 9.68. The highest BCUT2D eigenvalue weighted by molar-refractivity contribution is 9.10. The lowest BCUT2D eigenvalue weighted by molar-refractivity contribution is -0.137. The molecular formula is C13H10BrClF3N3. The maximum absolute atomic E-state index is 12.8. The summed E-state index contributed by atoms with van der Waals surface area (Å²) in [7, 11) is 0. The van der Waals surface area contributed by atoms with Gasteiger partial charge in [-0.3, -0.25) is 0 Å². The summed E-state index contributed by atoms with van der Waals surface area (Å²) in [5.41, 5.74) is 6.28. The number of alkyl halides is 3. The van der Waals surface area contributed by atoms with Crippen molar-refractivity contribution in [2.45, 2.75) is 13.1 Å². The molecule has 0 saturated carbocycles. The van der Waals surface area contributed by atoms with Crippen molar-refractivity contribution < 1.29 is 13.2 Å². The van der Waals surface area contributed by atoms with Crippen LogP contribution in [-0.4, -0.2) is 4.98 Å². The van der Waals surface area contributed by atoms with E-state index in [1.165, 1.54) is 12.3 Å². The minimum Gasteiger partial charge on any atom is -0.397 e. The Labute approximate surface area is 132 Å². The number of nitrogens with zero attached hydrogens (tertiary/aromatic N) is 1. The van der Waals surface area contributed by atoms with Gasteiger partial charge >= 0.3 is 6.18 Å². The molecule has 0 atom stereocenters. The third-order valence-electron chi connectivity index (χ3n) is 2.79. The molecular weight excluding hydrogens is 371 g/mol. The molecule has 0 aliphatic heterocycles. The van der Waals surface area contributed by atoms with Crippen LogP contribution in [-0.2, 0) is 6.18 Å². The maximum Gasteiger partial charge on any atom is 0.416 e. The Morgan fingerprint density at radius 1 is 1.29 bits per heavy atom. The summed E-state index contributed by atoms with van der Waals surface area (Å²) in [6, 6.07) is 3.21. The number of hydrogen-bond donors (Lipinski definition) is 2. The van der Waals surface area contributed by atoms with Gasteiger partial charge in [0.05, 0.1) is 21.9 Å². The van der Waals surface area contributed by atoms with Gasteiger partial charge in [-0.25, -0.2) is 4.98 Å². The first kappa shape index (κ1) is 15.9. The average molecular weight is 381 g/mol. The molecule has 0 amide bonds. The number of aromatic nitrogens is 1. The van der Waals surface area contributed by atoms with Crippen molar-refractivity contribution in [2.24, 2.45) is 0 Å². The van der Waals surface area contributed by atoms with Crippen LogP contribution in [0.3, 0.4) is 0 Å². The van der Waals surface area contributed by atoms with Crippen molar-refractivity contribution >= 4 is 44.7 Å². The van der Waals surface area contributed by atoms with Gasteiger partial charge in [0.1, 0.15) is 5.82 Å². The molecule has 1 aromatic heterocycles. The number of hydrogen-bond acceptors (Lipinski definition) is 3. The van der Waals surface area contributed by atoms with Gasteiger partial charge < -0.3 is 11.1 Å². The van der Waals surface area contributed by atoms with Crippen LogP contribution in [0.15, 0.2) is 28.9 Å².